The molecular formula is C26H28N6O. The molecule has 2 saturated heterocycles. The van der Waals surface area contributed by atoms with Crippen molar-refractivity contribution < 1.29 is 5.11 Å². The molecule has 168 valence electrons. The van der Waals surface area contributed by atoms with Crippen molar-refractivity contribution in [2.24, 2.45) is 0 Å². The van der Waals surface area contributed by atoms with Crippen LogP contribution in [0.3, 0.4) is 0 Å². The summed E-state index contributed by atoms with van der Waals surface area (Å²) in [4.78, 5) is 16.0. The molecule has 7 nitrogen and oxygen atoms in total. The number of hydrogen-bond donors (Lipinski definition) is 5. The topological polar surface area (TPSA) is 102 Å². The van der Waals surface area contributed by atoms with E-state index in [1.54, 1.807) is 0 Å². The number of aromatic amines is 2. The van der Waals surface area contributed by atoms with Gasteiger partial charge in [0, 0.05) is 6.54 Å². The standard InChI is InChI=1S/C26H28N6O/c33-20-12-22(28-13-20)26-30-15-24(32-26)19-9-5-17(6-10-19)16-3-7-18(8-4-16)23-14-29-25(31-23)21-2-1-11-27-21/h3-10,14-15,20-22,27-28,33H,1-2,11-13H2,(H,29,31)(H,30,32)/t20-,21+,22+/m1/s1. The number of benzene rings is 2. The third-order valence-electron chi connectivity index (χ3n) is 6.74. The predicted molar refractivity (Wildman–Crippen MR) is 128 cm³/mol. The summed E-state index contributed by atoms with van der Waals surface area (Å²) < 4.78 is 0. The van der Waals surface area contributed by atoms with Gasteiger partial charge in [-0.05, 0) is 48.1 Å². The number of nitrogens with zero attached hydrogens (tertiary/aromatic N) is 2. The monoisotopic (exact) mass is 440 g/mol. The highest BCUT2D eigenvalue weighted by Crippen LogP contribution is 2.29. The fourth-order valence-electron chi connectivity index (χ4n) is 4.85. The third-order valence-corrected chi connectivity index (χ3v) is 6.74. The number of nitrogens with one attached hydrogen (secondary N) is 4. The van der Waals surface area contributed by atoms with E-state index >= 15 is 0 Å². The molecule has 2 aliphatic rings. The maximum atomic E-state index is 9.74. The quantitative estimate of drug-likeness (QED) is 0.323. The molecule has 0 amide bonds. The summed E-state index contributed by atoms with van der Waals surface area (Å²) in [5.74, 6) is 1.91. The van der Waals surface area contributed by atoms with Gasteiger partial charge in [-0.25, -0.2) is 9.97 Å². The second-order valence-electron chi connectivity index (χ2n) is 9.02. The first kappa shape index (κ1) is 20.4. The Balaban J connectivity index is 1.16. The third kappa shape index (κ3) is 4.11. The zero-order chi connectivity index (χ0) is 22.2. The Kier molecular flexibility index (Phi) is 5.30. The van der Waals surface area contributed by atoms with Crippen LogP contribution in [0, 0.1) is 0 Å². The Morgan fingerprint density at radius 1 is 0.697 bits per heavy atom. The lowest BCUT2D eigenvalue weighted by atomic mass is 10.0. The molecule has 3 atom stereocenters. The summed E-state index contributed by atoms with van der Waals surface area (Å²) in [6, 6.07) is 17.6. The number of aliphatic hydroxyl groups is 1. The summed E-state index contributed by atoms with van der Waals surface area (Å²) in [6.45, 7) is 1.69. The molecule has 0 bridgehead atoms. The van der Waals surface area contributed by atoms with Gasteiger partial charge in [0.15, 0.2) is 0 Å². The van der Waals surface area contributed by atoms with E-state index < -0.39 is 0 Å². The highest BCUT2D eigenvalue weighted by molar-refractivity contribution is 5.71. The Bertz CT molecular complexity index is 1220. The molecule has 5 N–H and O–H groups in total. The van der Waals surface area contributed by atoms with Crippen LogP contribution in [-0.2, 0) is 0 Å². The lowest BCUT2D eigenvalue weighted by Crippen LogP contribution is -2.15. The van der Waals surface area contributed by atoms with Crippen molar-refractivity contribution >= 4 is 0 Å². The fraction of sp³-hybridized carbons (Fsp3) is 0.308. The van der Waals surface area contributed by atoms with Crippen LogP contribution in [0.15, 0.2) is 60.9 Å². The van der Waals surface area contributed by atoms with E-state index in [9.17, 15) is 5.11 Å². The molecule has 4 aromatic rings. The lowest BCUT2D eigenvalue weighted by Gasteiger charge is -2.07. The van der Waals surface area contributed by atoms with Gasteiger partial charge in [0.25, 0.3) is 0 Å². The first-order chi connectivity index (χ1) is 16.2. The number of aliphatic hydroxyl groups excluding tert-OH is 1. The number of hydrogen-bond acceptors (Lipinski definition) is 5. The normalized spacial score (nSPS) is 22.8. The summed E-state index contributed by atoms with van der Waals surface area (Å²) >= 11 is 0. The van der Waals surface area contributed by atoms with Crippen molar-refractivity contribution in [3.63, 3.8) is 0 Å². The Labute approximate surface area is 192 Å². The number of imidazole rings is 2. The van der Waals surface area contributed by atoms with E-state index in [-0.39, 0.29) is 12.1 Å². The molecule has 2 aromatic heterocycles. The number of H-pyrrole nitrogens is 2. The summed E-state index contributed by atoms with van der Waals surface area (Å²) in [5, 5.41) is 16.5. The molecule has 0 radical (unpaired) electrons. The first-order valence-electron chi connectivity index (χ1n) is 11.7. The van der Waals surface area contributed by atoms with Crippen molar-refractivity contribution in [1.29, 1.82) is 0 Å². The largest absolute Gasteiger partial charge is 0.392 e. The van der Waals surface area contributed by atoms with Crippen LogP contribution in [0.2, 0.25) is 0 Å². The maximum absolute atomic E-state index is 9.74. The van der Waals surface area contributed by atoms with E-state index in [0.29, 0.717) is 19.0 Å². The van der Waals surface area contributed by atoms with E-state index in [1.807, 2.05) is 12.4 Å². The lowest BCUT2D eigenvalue weighted by molar-refractivity contribution is 0.193. The number of β-amino-alcohol motifs (C(OH)–C–C–N with tert-alkyl or cyclic N) is 1. The minimum atomic E-state index is -0.297. The highest BCUT2D eigenvalue weighted by atomic mass is 16.3. The predicted octanol–water partition coefficient (Wildman–Crippen LogP) is 3.95. The average Bonchev–Trinajstić information content (AvgIpc) is 3.66. The molecule has 2 fully saturated rings. The summed E-state index contributed by atoms with van der Waals surface area (Å²) in [6.07, 6.45) is 6.54. The van der Waals surface area contributed by atoms with Gasteiger partial charge in [0.05, 0.1) is 42.0 Å². The molecule has 0 unspecified atom stereocenters. The van der Waals surface area contributed by atoms with Crippen LogP contribution in [0.25, 0.3) is 33.6 Å². The minimum Gasteiger partial charge on any atom is -0.392 e. The van der Waals surface area contributed by atoms with Gasteiger partial charge in [0.1, 0.15) is 11.6 Å². The summed E-state index contributed by atoms with van der Waals surface area (Å²) in [5.41, 5.74) is 6.63. The van der Waals surface area contributed by atoms with E-state index in [0.717, 1.165) is 47.1 Å². The van der Waals surface area contributed by atoms with E-state index in [4.69, 9.17) is 0 Å². The molecule has 7 heteroatoms. The maximum Gasteiger partial charge on any atom is 0.123 e. The molecule has 0 aliphatic carbocycles. The van der Waals surface area contributed by atoms with Crippen LogP contribution in [0.1, 0.15) is 43.0 Å². The molecule has 4 heterocycles. The van der Waals surface area contributed by atoms with Gasteiger partial charge in [-0.2, -0.15) is 0 Å². The molecular weight excluding hydrogens is 412 g/mol. The SMILES string of the molecule is O[C@H]1CN[C@H](c2ncc(-c3ccc(-c4ccc(-c5cnc([C@@H]6CCCN6)[nH]5)cc4)cc3)[nH]2)C1. The smallest absolute Gasteiger partial charge is 0.123 e. The van der Waals surface area contributed by atoms with E-state index in [2.05, 4.69) is 79.1 Å². The second kappa shape index (κ2) is 8.59. The van der Waals surface area contributed by atoms with Crippen molar-refractivity contribution in [2.45, 2.75) is 37.5 Å². The highest BCUT2D eigenvalue weighted by Gasteiger charge is 2.25. The molecule has 6 rings (SSSR count). The molecule has 33 heavy (non-hydrogen) atoms. The first-order valence-corrected chi connectivity index (χ1v) is 11.7. The van der Waals surface area contributed by atoms with Crippen LogP contribution >= 0.6 is 0 Å². The van der Waals surface area contributed by atoms with Crippen molar-refractivity contribution in [1.82, 2.24) is 30.6 Å². The zero-order valence-corrected chi connectivity index (χ0v) is 18.4. The van der Waals surface area contributed by atoms with E-state index in [1.165, 1.54) is 17.5 Å². The van der Waals surface area contributed by atoms with Crippen LogP contribution < -0.4 is 10.6 Å². The van der Waals surface area contributed by atoms with Gasteiger partial charge in [-0.1, -0.05) is 48.5 Å². The fourth-order valence-corrected chi connectivity index (χ4v) is 4.85. The second-order valence-corrected chi connectivity index (χ2v) is 9.02. The molecule has 2 aromatic carbocycles. The van der Waals surface area contributed by atoms with Crippen LogP contribution in [0.5, 0.6) is 0 Å². The van der Waals surface area contributed by atoms with Crippen molar-refractivity contribution in [3.05, 3.63) is 72.6 Å². The molecule has 0 spiro atoms. The Morgan fingerprint density at radius 3 is 1.73 bits per heavy atom. The van der Waals surface area contributed by atoms with Crippen LogP contribution in [-0.4, -0.2) is 44.2 Å². The van der Waals surface area contributed by atoms with Gasteiger partial charge in [-0.3, -0.25) is 0 Å². The van der Waals surface area contributed by atoms with Gasteiger partial charge in [0.2, 0.25) is 0 Å². The minimum absolute atomic E-state index is 0.0897. The zero-order valence-electron chi connectivity index (χ0n) is 18.4. The number of rotatable bonds is 5. The molecule has 2 aliphatic heterocycles. The average molecular weight is 441 g/mol. The van der Waals surface area contributed by atoms with Crippen molar-refractivity contribution in [2.75, 3.05) is 13.1 Å². The van der Waals surface area contributed by atoms with Gasteiger partial charge in [-0.15, -0.1) is 0 Å². The van der Waals surface area contributed by atoms with Gasteiger partial charge >= 0.3 is 0 Å². The van der Waals surface area contributed by atoms with Gasteiger partial charge < -0.3 is 25.7 Å². The van der Waals surface area contributed by atoms with Crippen molar-refractivity contribution in [3.8, 4) is 33.6 Å². The summed E-state index contributed by atoms with van der Waals surface area (Å²) in [7, 11) is 0. The molecule has 0 saturated carbocycles. The Hall–Kier alpha value is -3.26. The Morgan fingerprint density at radius 2 is 1.24 bits per heavy atom. The number of aromatic nitrogens is 4. The van der Waals surface area contributed by atoms with Crippen LogP contribution in [0.4, 0.5) is 0 Å².